The first kappa shape index (κ1) is 14.7. The zero-order valence-electron chi connectivity index (χ0n) is 10.4. The molecule has 4 heteroatoms. The fourth-order valence-electron chi connectivity index (χ4n) is 1.22. The van der Waals surface area contributed by atoms with Crippen LogP contribution in [0.4, 0.5) is 0 Å². The van der Waals surface area contributed by atoms with E-state index in [1.54, 1.807) is 26.0 Å². The van der Waals surface area contributed by atoms with Crippen LogP contribution >= 0.6 is 0 Å². The molecule has 0 fully saturated rings. The summed E-state index contributed by atoms with van der Waals surface area (Å²) in [7, 11) is 0. The largest absolute Gasteiger partial charge is 0.466 e. The van der Waals surface area contributed by atoms with E-state index < -0.39 is 0 Å². The molecular formula is C12H20O4. The minimum absolute atomic E-state index is 0.240. The van der Waals surface area contributed by atoms with Crippen LogP contribution in [0.5, 0.6) is 0 Å². The minimum Gasteiger partial charge on any atom is -0.466 e. The van der Waals surface area contributed by atoms with Crippen molar-refractivity contribution >= 4 is 11.9 Å². The molecule has 0 N–H and O–H groups in total. The van der Waals surface area contributed by atoms with Gasteiger partial charge in [-0.15, -0.1) is 0 Å². The highest BCUT2D eigenvalue weighted by atomic mass is 16.5. The molecule has 0 rings (SSSR count). The Morgan fingerprint density at radius 1 is 1.25 bits per heavy atom. The maximum atomic E-state index is 11.4. The van der Waals surface area contributed by atoms with Crippen molar-refractivity contribution in [3.8, 4) is 0 Å². The van der Waals surface area contributed by atoms with E-state index in [1.807, 2.05) is 6.92 Å². The maximum absolute atomic E-state index is 11.4. The highest BCUT2D eigenvalue weighted by molar-refractivity contribution is 5.74. The lowest BCUT2D eigenvalue weighted by Gasteiger charge is -2.10. The average molecular weight is 228 g/mol. The molecule has 0 heterocycles. The molecule has 0 radical (unpaired) electrons. The first-order valence-electron chi connectivity index (χ1n) is 5.53. The lowest BCUT2D eigenvalue weighted by Crippen LogP contribution is -2.16. The van der Waals surface area contributed by atoms with Gasteiger partial charge in [0.2, 0.25) is 0 Å². The van der Waals surface area contributed by atoms with Gasteiger partial charge in [-0.2, -0.15) is 0 Å². The third-order valence-electron chi connectivity index (χ3n) is 2.00. The van der Waals surface area contributed by atoms with Gasteiger partial charge in [-0.3, -0.25) is 9.59 Å². The molecule has 16 heavy (non-hydrogen) atoms. The predicted molar refractivity (Wildman–Crippen MR) is 60.8 cm³/mol. The fraction of sp³-hybridized carbons (Fsp3) is 0.667. The SMILES string of the molecule is CCOC(=O)[C@H](/C=C/[C@@H](C)OC(C)=O)CC. The van der Waals surface area contributed by atoms with Crippen molar-refractivity contribution in [3.63, 3.8) is 0 Å². The van der Waals surface area contributed by atoms with E-state index in [0.29, 0.717) is 13.0 Å². The number of hydrogen-bond acceptors (Lipinski definition) is 4. The fourth-order valence-corrected chi connectivity index (χ4v) is 1.22. The van der Waals surface area contributed by atoms with Crippen LogP contribution in [0.2, 0.25) is 0 Å². The molecular weight excluding hydrogens is 208 g/mol. The molecule has 0 saturated carbocycles. The highest BCUT2D eigenvalue weighted by Gasteiger charge is 2.14. The Labute approximate surface area is 96.6 Å². The third-order valence-corrected chi connectivity index (χ3v) is 2.00. The van der Waals surface area contributed by atoms with Crippen molar-refractivity contribution in [2.75, 3.05) is 6.61 Å². The number of hydrogen-bond donors (Lipinski definition) is 0. The van der Waals surface area contributed by atoms with Crippen molar-refractivity contribution in [3.05, 3.63) is 12.2 Å². The summed E-state index contributed by atoms with van der Waals surface area (Å²) >= 11 is 0. The Balaban J connectivity index is 4.24. The van der Waals surface area contributed by atoms with Crippen LogP contribution in [0.1, 0.15) is 34.1 Å². The second-order valence-electron chi connectivity index (χ2n) is 3.47. The first-order valence-corrected chi connectivity index (χ1v) is 5.53. The van der Waals surface area contributed by atoms with Crippen LogP contribution < -0.4 is 0 Å². The minimum atomic E-state index is -0.332. The zero-order valence-corrected chi connectivity index (χ0v) is 10.4. The van der Waals surface area contributed by atoms with E-state index >= 15 is 0 Å². The van der Waals surface area contributed by atoms with Gasteiger partial charge < -0.3 is 9.47 Å². The van der Waals surface area contributed by atoms with Crippen LogP contribution in [-0.4, -0.2) is 24.6 Å². The van der Waals surface area contributed by atoms with E-state index in [-0.39, 0.29) is 24.0 Å². The van der Waals surface area contributed by atoms with E-state index in [2.05, 4.69) is 0 Å². The molecule has 4 nitrogen and oxygen atoms in total. The Kier molecular flexibility index (Phi) is 7.25. The Morgan fingerprint density at radius 2 is 1.88 bits per heavy atom. The van der Waals surface area contributed by atoms with Crippen molar-refractivity contribution in [1.82, 2.24) is 0 Å². The number of carbonyl (C=O) groups excluding carboxylic acids is 2. The number of rotatable bonds is 6. The second-order valence-corrected chi connectivity index (χ2v) is 3.47. The molecule has 0 aromatic carbocycles. The van der Waals surface area contributed by atoms with Crippen LogP contribution in [0.25, 0.3) is 0 Å². The zero-order chi connectivity index (χ0) is 12.6. The van der Waals surface area contributed by atoms with Gasteiger partial charge in [0.15, 0.2) is 0 Å². The average Bonchev–Trinajstić information content (AvgIpc) is 2.17. The summed E-state index contributed by atoms with van der Waals surface area (Å²) in [4.78, 5) is 22.1. The van der Waals surface area contributed by atoms with Gasteiger partial charge in [-0.05, 0) is 26.3 Å². The molecule has 0 amide bonds. The number of esters is 2. The maximum Gasteiger partial charge on any atom is 0.312 e. The summed E-state index contributed by atoms with van der Waals surface area (Å²) < 4.78 is 9.82. The quantitative estimate of drug-likeness (QED) is 0.516. The lowest BCUT2D eigenvalue weighted by atomic mass is 10.1. The van der Waals surface area contributed by atoms with Gasteiger partial charge in [0.05, 0.1) is 12.5 Å². The van der Waals surface area contributed by atoms with Crippen LogP contribution in [0.15, 0.2) is 12.2 Å². The van der Waals surface area contributed by atoms with Crippen molar-refractivity contribution in [1.29, 1.82) is 0 Å². The molecule has 0 spiro atoms. The molecule has 2 atom stereocenters. The molecule has 92 valence electrons. The van der Waals surface area contributed by atoms with Gasteiger partial charge in [-0.25, -0.2) is 0 Å². The first-order chi connectivity index (χ1) is 7.51. The molecule has 0 unspecified atom stereocenters. The Morgan fingerprint density at radius 3 is 2.31 bits per heavy atom. The van der Waals surface area contributed by atoms with Crippen molar-refractivity contribution in [2.45, 2.75) is 40.2 Å². The lowest BCUT2D eigenvalue weighted by molar-refractivity contribution is -0.146. The molecule has 0 saturated heterocycles. The summed E-state index contributed by atoms with van der Waals surface area (Å²) in [5.41, 5.74) is 0. The van der Waals surface area contributed by atoms with E-state index in [0.717, 1.165) is 0 Å². The third kappa shape index (κ3) is 6.22. The van der Waals surface area contributed by atoms with Crippen LogP contribution in [-0.2, 0) is 19.1 Å². The van der Waals surface area contributed by atoms with Crippen molar-refractivity contribution in [2.24, 2.45) is 5.92 Å². The van der Waals surface area contributed by atoms with Crippen LogP contribution in [0, 0.1) is 5.92 Å². The van der Waals surface area contributed by atoms with Gasteiger partial charge in [-0.1, -0.05) is 13.0 Å². The summed E-state index contributed by atoms with van der Waals surface area (Å²) in [6, 6.07) is 0. The molecule has 0 bridgehead atoms. The number of ether oxygens (including phenoxy) is 2. The summed E-state index contributed by atoms with van der Waals surface area (Å²) in [5.74, 6) is -0.837. The Hall–Kier alpha value is -1.32. The highest BCUT2D eigenvalue weighted by Crippen LogP contribution is 2.08. The van der Waals surface area contributed by atoms with Gasteiger partial charge in [0.25, 0.3) is 0 Å². The predicted octanol–water partition coefficient (Wildman–Crippen LogP) is 2.08. The molecule has 0 aromatic rings. The summed E-state index contributed by atoms with van der Waals surface area (Å²) in [6.07, 6.45) is 3.78. The smallest absolute Gasteiger partial charge is 0.312 e. The summed E-state index contributed by atoms with van der Waals surface area (Å²) in [5, 5.41) is 0. The summed E-state index contributed by atoms with van der Waals surface area (Å²) in [6.45, 7) is 7.16. The Bertz CT molecular complexity index is 258. The standard InChI is InChI=1S/C12H20O4/c1-5-11(12(14)15-6-2)8-7-9(3)16-10(4)13/h7-9,11H,5-6H2,1-4H3/b8-7+/t9-,11+/m1/s1. The molecule has 0 aromatic heterocycles. The van der Waals surface area contributed by atoms with Crippen LogP contribution in [0.3, 0.4) is 0 Å². The van der Waals surface area contributed by atoms with E-state index in [4.69, 9.17) is 9.47 Å². The van der Waals surface area contributed by atoms with E-state index in [1.165, 1.54) is 6.92 Å². The van der Waals surface area contributed by atoms with Crippen molar-refractivity contribution < 1.29 is 19.1 Å². The van der Waals surface area contributed by atoms with Gasteiger partial charge >= 0.3 is 11.9 Å². The number of carbonyl (C=O) groups is 2. The monoisotopic (exact) mass is 228 g/mol. The molecule has 0 aliphatic rings. The second kappa shape index (κ2) is 7.91. The molecule has 0 aliphatic heterocycles. The molecule has 0 aliphatic carbocycles. The topological polar surface area (TPSA) is 52.6 Å². The normalized spacial score (nSPS) is 14.5. The van der Waals surface area contributed by atoms with E-state index in [9.17, 15) is 9.59 Å². The van der Waals surface area contributed by atoms with Gasteiger partial charge in [0, 0.05) is 6.92 Å². The van der Waals surface area contributed by atoms with Gasteiger partial charge in [0.1, 0.15) is 6.10 Å².